The molecule has 1 N–H and O–H groups in total. The van der Waals surface area contributed by atoms with Gasteiger partial charge < -0.3 is 19.4 Å². The molecule has 0 atom stereocenters. The number of halogens is 3. The standard InChI is InChI=1S/C19H28F3N3O4/c1-4-14-15(18(27)28-3)13(2)16(23-14)17(26)25-9-7-24(8-10-25)6-5-11-29-12-19(20,21)22/h23H,4-12H2,1-3H3. The van der Waals surface area contributed by atoms with Crippen molar-refractivity contribution in [3.8, 4) is 0 Å². The Hall–Kier alpha value is -2.07. The summed E-state index contributed by atoms with van der Waals surface area (Å²) in [5, 5.41) is 0. The molecule has 0 unspecified atom stereocenters. The summed E-state index contributed by atoms with van der Waals surface area (Å²) in [7, 11) is 1.31. The molecule has 10 heteroatoms. The van der Waals surface area contributed by atoms with E-state index in [1.807, 2.05) is 6.92 Å². The summed E-state index contributed by atoms with van der Waals surface area (Å²) in [4.78, 5) is 31.8. The fraction of sp³-hybridized carbons (Fsp3) is 0.684. The Morgan fingerprint density at radius 3 is 2.38 bits per heavy atom. The summed E-state index contributed by atoms with van der Waals surface area (Å²) in [6.07, 6.45) is -3.22. The molecule has 7 nitrogen and oxygen atoms in total. The average Bonchev–Trinajstić information content (AvgIpc) is 3.02. The van der Waals surface area contributed by atoms with Crippen LogP contribution in [0.25, 0.3) is 0 Å². The highest BCUT2D eigenvalue weighted by Gasteiger charge is 2.29. The second-order valence-electron chi connectivity index (χ2n) is 6.98. The lowest BCUT2D eigenvalue weighted by molar-refractivity contribution is -0.174. The Bertz CT molecular complexity index is 710. The third kappa shape index (κ3) is 6.20. The lowest BCUT2D eigenvalue weighted by Crippen LogP contribution is -2.49. The van der Waals surface area contributed by atoms with Crippen LogP contribution in [0.4, 0.5) is 13.2 Å². The van der Waals surface area contributed by atoms with Crippen LogP contribution >= 0.6 is 0 Å². The number of amides is 1. The Morgan fingerprint density at radius 2 is 1.83 bits per heavy atom. The van der Waals surface area contributed by atoms with Gasteiger partial charge in [0.1, 0.15) is 12.3 Å². The van der Waals surface area contributed by atoms with E-state index in [1.54, 1.807) is 11.8 Å². The summed E-state index contributed by atoms with van der Waals surface area (Å²) in [5.41, 5.74) is 2.07. The minimum absolute atomic E-state index is 0.0520. The molecule has 1 aromatic heterocycles. The first-order valence-corrected chi connectivity index (χ1v) is 9.63. The number of alkyl halides is 3. The minimum atomic E-state index is -4.30. The molecule has 0 radical (unpaired) electrons. The van der Waals surface area contributed by atoms with Crippen LogP contribution in [-0.2, 0) is 15.9 Å². The maximum atomic E-state index is 12.9. The van der Waals surface area contributed by atoms with Crippen LogP contribution in [0.1, 0.15) is 45.4 Å². The number of carbonyl (C=O) groups excluding carboxylic acids is 2. The molecule has 0 spiro atoms. The van der Waals surface area contributed by atoms with Crippen molar-refractivity contribution in [2.75, 3.05) is 53.0 Å². The second kappa shape index (κ2) is 10.1. The maximum Gasteiger partial charge on any atom is 0.411 e. The van der Waals surface area contributed by atoms with Crippen LogP contribution in [0.3, 0.4) is 0 Å². The van der Waals surface area contributed by atoms with Crippen LogP contribution in [0.2, 0.25) is 0 Å². The third-order valence-electron chi connectivity index (χ3n) is 4.97. The number of aryl methyl sites for hydroxylation is 1. The molecule has 0 saturated carbocycles. The maximum absolute atomic E-state index is 12.9. The molecule has 1 saturated heterocycles. The van der Waals surface area contributed by atoms with Crippen molar-refractivity contribution < 1.29 is 32.2 Å². The molecule has 1 amide bonds. The number of hydrogen-bond acceptors (Lipinski definition) is 5. The number of hydrogen-bond donors (Lipinski definition) is 1. The van der Waals surface area contributed by atoms with Crippen LogP contribution in [-0.4, -0.2) is 85.9 Å². The number of methoxy groups -OCH3 is 1. The Kier molecular flexibility index (Phi) is 8.09. The first kappa shape index (κ1) is 23.2. The van der Waals surface area contributed by atoms with Gasteiger partial charge in [0.2, 0.25) is 0 Å². The van der Waals surface area contributed by atoms with Gasteiger partial charge in [-0.3, -0.25) is 9.69 Å². The molecule has 0 aromatic carbocycles. The molecule has 0 bridgehead atoms. The first-order valence-electron chi connectivity index (χ1n) is 9.63. The van der Waals surface area contributed by atoms with Crippen LogP contribution in [0.5, 0.6) is 0 Å². The highest BCUT2D eigenvalue weighted by atomic mass is 19.4. The topological polar surface area (TPSA) is 74.9 Å². The molecule has 1 aromatic rings. The fourth-order valence-electron chi connectivity index (χ4n) is 3.43. The predicted octanol–water partition coefficient (Wildman–Crippen LogP) is 2.40. The number of nitrogens with zero attached hydrogens (tertiary/aromatic N) is 2. The second-order valence-corrected chi connectivity index (χ2v) is 6.98. The van der Waals surface area contributed by atoms with Gasteiger partial charge in [-0.15, -0.1) is 0 Å². The molecule has 1 aliphatic heterocycles. The molecule has 29 heavy (non-hydrogen) atoms. The minimum Gasteiger partial charge on any atom is -0.465 e. The number of H-pyrrole nitrogens is 1. The van der Waals surface area contributed by atoms with Crippen molar-refractivity contribution in [2.45, 2.75) is 32.9 Å². The predicted molar refractivity (Wildman–Crippen MR) is 100 cm³/mol. The van der Waals surface area contributed by atoms with Crippen molar-refractivity contribution in [1.29, 1.82) is 0 Å². The molecule has 1 aliphatic rings. The van der Waals surface area contributed by atoms with Crippen molar-refractivity contribution in [1.82, 2.24) is 14.8 Å². The van der Waals surface area contributed by atoms with E-state index in [0.717, 1.165) is 0 Å². The summed E-state index contributed by atoms with van der Waals surface area (Å²) >= 11 is 0. The number of aromatic amines is 1. The number of piperazine rings is 1. The molecule has 2 heterocycles. The first-order chi connectivity index (χ1) is 13.7. The largest absolute Gasteiger partial charge is 0.465 e. The summed E-state index contributed by atoms with van der Waals surface area (Å²) in [6, 6.07) is 0. The SMILES string of the molecule is CCc1[nH]c(C(=O)N2CCN(CCCOCC(F)(F)F)CC2)c(C)c1C(=O)OC. The van der Waals surface area contributed by atoms with E-state index in [0.29, 0.717) is 68.1 Å². The van der Waals surface area contributed by atoms with Gasteiger partial charge in [0, 0.05) is 45.0 Å². The number of esters is 1. The highest BCUT2D eigenvalue weighted by Crippen LogP contribution is 2.22. The van der Waals surface area contributed by atoms with Crippen molar-refractivity contribution in [3.05, 3.63) is 22.5 Å². The number of aromatic nitrogens is 1. The van der Waals surface area contributed by atoms with Crippen LogP contribution in [0.15, 0.2) is 0 Å². The van der Waals surface area contributed by atoms with Gasteiger partial charge in [-0.25, -0.2) is 4.79 Å². The number of rotatable bonds is 8. The van der Waals surface area contributed by atoms with E-state index in [4.69, 9.17) is 4.74 Å². The monoisotopic (exact) mass is 419 g/mol. The zero-order chi connectivity index (χ0) is 21.6. The van der Waals surface area contributed by atoms with Crippen molar-refractivity contribution in [2.24, 2.45) is 0 Å². The van der Waals surface area contributed by atoms with Crippen molar-refractivity contribution in [3.63, 3.8) is 0 Å². The zero-order valence-electron chi connectivity index (χ0n) is 17.0. The normalized spacial score (nSPS) is 15.6. The van der Waals surface area contributed by atoms with Gasteiger partial charge in [-0.2, -0.15) is 13.2 Å². The molecular weight excluding hydrogens is 391 g/mol. The third-order valence-corrected chi connectivity index (χ3v) is 4.97. The van der Waals surface area contributed by atoms with Gasteiger partial charge in [0.15, 0.2) is 0 Å². The Labute approximate surface area is 168 Å². The molecule has 2 rings (SSSR count). The summed E-state index contributed by atoms with van der Waals surface area (Å²) < 4.78 is 45.5. The average molecular weight is 419 g/mol. The summed E-state index contributed by atoms with van der Waals surface area (Å²) in [5.74, 6) is -0.632. The zero-order valence-corrected chi connectivity index (χ0v) is 17.0. The summed E-state index contributed by atoms with van der Waals surface area (Å²) in [6.45, 7) is 5.36. The van der Waals surface area contributed by atoms with Crippen LogP contribution < -0.4 is 0 Å². The fourth-order valence-corrected chi connectivity index (χ4v) is 3.43. The number of nitrogens with one attached hydrogen (secondary N) is 1. The van der Waals surface area contributed by atoms with Gasteiger partial charge >= 0.3 is 12.1 Å². The lowest BCUT2D eigenvalue weighted by Gasteiger charge is -2.34. The Morgan fingerprint density at radius 1 is 1.17 bits per heavy atom. The van der Waals surface area contributed by atoms with Gasteiger partial charge in [0.05, 0.1) is 12.7 Å². The lowest BCUT2D eigenvalue weighted by atomic mass is 10.1. The van der Waals surface area contributed by atoms with E-state index in [-0.39, 0.29) is 12.5 Å². The molecule has 164 valence electrons. The van der Waals surface area contributed by atoms with E-state index in [2.05, 4.69) is 14.6 Å². The smallest absolute Gasteiger partial charge is 0.411 e. The molecule has 1 fully saturated rings. The van der Waals surface area contributed by atoms with Gasteiger partial charge in [-0.05, 0) is 25.3 Å². The van der Waals surface area contributed by atoms with Gasteiger partial charge in [0.25, 0.3) is 5.91 Å². The Balaban J connectivity index is 1.86. The van der Waals surface area contributed by atoms with Gasteiger partial charge in [-0.1, -0.05) is 6.92 Å². The van der Waals surface area contributed by atoms with E-state index < -0.39 is 18.8 Å². The quantitative estimate of drug-likeness (QED) is 0.517. The number of ether oxygens (including phenoxy) is 2. The van der Waals surface area contributed by atoms with Crippen molar-refractivity contribution >= 4 is 11.9 Å². The molecule has 0 aliphatic carbocycles. The number of carbonyl (C=O) groups is 2. The van der Waals surface area contributed by atoms with E-state index in [1.165, 1.54) is 7.11 Å². The van der Waals surface area contributed by atoms with Crippen LogP contribution in [0, 0.1) is 6.92 Å². The highest BCUT2D eigenvalue weighted by molar-refractivity contribution is 6.00. The van der Waals surface area contributed by atoms with E-state index >= 15 is 0 Å². The molecular formula is C19H28F3N3O4. The van der Waals surface area contributed by atoms with E-state index in [9.17, 15) is 22.8 Å².